The lowest BCUT2D eigenvalue weighted by Gasteiger charge is -2.27. The molecule has 16 heavy (non-hydrogen) atoms. The van der Waals surface area contributed by atoms with Gasteiger partial charge >= 0.3 is 0 Å². The number of hydrogen-bond acceptors (Lipinski definition) is 2. The predicted molar refractivity (Wildman–Crippen MR) is 64.1 cm³/mol. The van der Waals surface area contributed by atoms with Gasteiger partial charge in [-0.1, -0.05) is 20.3 Å². The van der Waals surface area contributed by atoms with E-state index in [0.29, 0.717) is 11.4 Å². The topological polar surface area (TPSA) is 70.9 Å². The number of anilines is 1. The number of carbonyl (C=O) groups is 1. The second-order valence-electron chi connectivity index (χ2n) is 5.25. The molecule has 0 aliphatic heterocycles. The Balaban J connectivity index is 2.03. The first-order valence-corrected chi connectivity index (χ1v) is 5.74. The highest BCUT2D eigenvalue weighted by atomic mass is 16.1. The number of amides is 1. The summed E-state index contributed by atoms with van der Waals surface area (Å²) in [5.41, 5.74) is 6.90. The number of aromatic amines is 1. The predicted octanol–water partition coefficient (Wildman–Crippen LogP) is 1.91. The average molecular weight is 221 g/mol. The molecule has 1 heterocycles. The summed E-state index contributed by atoms with van der Waals surface area (Å²) in [5.74, 6) is -0.0586. The number of hydrogen-bond donors (Lipinski definition) is 3. The number of aromatic nitrogens is 1. The third-order valence-electron chi connectivity index (χ3n) is 3.51. The third-order valence-corrected chi connectivity index (χ3v) is 3.51. The van der Waals surface area contributed by atoms with E-state index >= 15 is 0 Å². The van der Waals surface area contributed by atoms with E-state index in [-0.39, 0.29) is 17.4 Å². The number of nitrogen functional groups attached to an aromatic ring is 1. The molecule has 1 aromatic rings. The van der Waals surface area contributed by atoms with Crippen molar-refractivity contribution in [3.63, 3.8) is 0 Å². The second-order valence-corrected chi connectivity index (χ2v) is 5.25. The van der Waals surface area contributed by atoms with E-state index in [9.17, 15) is 4.79 Å². The molecule has 2 rings (SSSR count). The third kappa shape index (κ3) is 2.05. The van der Waals surface area contributed by atoms with Crippen LogP contribution in [0, 0.1) is 5.41 Å². The van der Waals surface area contributed by atoms with Crippen molar-refractivity contribution in [1.82, 2.24) is 10.3 Å². The Bertz CT molecular complexity index is 395. The van der Waals surface area contributed by atoms with E-state index in [4.69, 9.17) is 5.73 Å². The largest absolute Gasteiger partial charge is 0.397 e. The Morgan fingerprint density at radius 2 is 2.38 bits per heavy atom. The van der Waals surface area contributed by atoms with E-state index in [0.717, 1.165) is 6.42 Å². The van der Waals surface area contributed by atoms with Crippen LogP contribution >= 0.6 is 0 Å². The normalized spacial score (nSPS) is 23.2. The molecule has 1 unspecified atom stereocenters. The lowest BCUT2D eigenvalue weighted by molar-refractivity contribution is 0.0905. The summed E-state index contributed by atoms with van der Waals surface area (Å²) >= 11 is 0. The van der Waals surface area contributed by atoms with Crippen LogP contribution in [0.4, 0.5) is 5.69 Å². The highest BCUT2D eigenvalue weighted by Gasteiger charge is 2.35. The molecule has 1 amide bonds. The Morgan fingerprint density at radius 3 is 2.88 bits per heavy atom. The van der Waals surface area contributed by atoms with E-state index in [1.807, 2.05) is 0 Å². The fourth-order valence-electron chi connectivity index (χ4n) is 2.37. The quantitative estimate of drug-likeness (QED) is 0.713. The summed E-state index contributed by atoms with van der Waals surface area (Å²) in [6.07, 6.45) is 5.05. The van der Waals surface area contributed by atoms with Crippen LogP contribution in [0.25, 0.3) is 0 Å². The number of nitrogens with one attached hydrogen (secondary N) is 2. The SMILES string of the molecule is CC1(C)CCCC1NC(=O)c1cc(N)c[nH]1. The molecule has 0 spiro atoms. The molecule has 4 nitrogen and oxygen atoms in total. The van der Waals surface area contributed by atoms with Crippen LogP contribution in [0.5, 0.6) is 0 Å². The van der Waals surface area contributed by atoms with Gasteiger partial charge in [0.15, 0.2) is 0 Å². The van der Waals surface area contributed by atoms with Crippen molar-refractivity contribution in [3.05, 3.63) is 18.0 Å². The smallest absolute Gasteiger partial charge is 0.268 e. The lowest BCUT2D eigenvalue weighted by atomic mass is 9.87. The minimum atomic E-state index is -0.0586. The number of H-pyrrole nitrogens is 1. The number of rotatable bonds is 2. The summed E-state index contributed by atoms with van der Waals surface area (Å²) in [6, 6.07) is 1.93. The van der Waals surface area contributed by atoms with Gasteiger partial charge in [0, 0.05) is 17.9 Å². The van der Waals surface area contributed by atoms with Crippen LogP contribution in [0.2, 0.25) is 0 Å². The summed E-state index contributed by atoms with van der Waals surface area (Å²) in [5, 5.41) is 3.07. The first-order chi connectivity index (χ1) is 7.49. The molecule has 4 heteroatoms. The maximum Gasteiger partial charge on any atom is 0.268 e. The first kappa shape index (κ1) is 11.0. The first-order valence-electron chi connectivity index (χ1n) is 5.74. The maximum atomic E-state index is 11.9. The highest BCUT2D eigenvalue weighted by molar-refractivity contribution is 5.93. The van der Waals surface area contributed by atoms with E-state index in [1.165, 1.54) is 12.8 Å². The van der Waals surface area contributed by atoms with Crippen molar-refractivity contribution in [2.45, 2.75) is 39.2 Å². The van der Waals surface area contributed by atoms with E-state index in [2.05, 4.69) is 24.1 Å². The van der Waals surface area contributed by atoms with Crippen LogP contribution in [0.1, 0.15) is 43.6 Å². The fraction of sp³-hybridized carbons (Fsp3) is 0.583. The molecule has 0 aromatic carbocycles. The van der Waals surface area contributed by atoms with Crippen LogP contribution in [0.15, 0.2) is 12.3 Å². The van der Waals surface area contributed by atoms with Gasteiger partial charge in [0.25, 0.3) is 5.91 Å². The van der Waals surface area contributed by atoms with Gasteiger partial charge in [0.1, 0.15) is 5.69 Å². The van der Waals surface area contributed by atoms with Crippen molar-refractivity contribution in [3.8, 4) is 0 Å². The summed E-state index contributed by atoms with van der Waals surface area (Å²) in [7, 11) is 0. The minimum Gasteiger partial charge on any atom is -0.397 e. The summed E-state index contributed by atoms with van der Waals surface area (Å²) in [6.45, 7) is 4.40. The maximum absolute atomic E-state index is 11.9. The fourth-order valence-corrected chi connectivity index (χ4v) is 2.37. The standard InChI is InChI=1S/C12H19N3O/c1-12(2)5-3-4-10(12)15-11(16)9-6-8(13)7-14-9/h6-7,10,14H,3-5,13H2,1-2H3,(H,15,16). The van der Waals surface area contributed by atoms with Gasteiger partial charge in [0.05, 0.1) is 0 Å². The number of nitrogens with two attached hydrogens (primary N) is 1. The van der Waals surface area contributed by atoms with Crippen molar-refractivity contribution in [2.75, 3.05) is 5.73 Å². The molecule has 1 saturated carbocycles. The summed E-state index contributed by atoms with van der Waals surface area (Å²) in [4.78, 5) is 14.8. The Kier molecular flexibility index (Phi) is 2.66. The van der Waals surface area contributed by atoms with Crippen LogP contribution in [-0.2, 0) is 0 Å². The zero-order valence-electron chi connectivity index (χ0n) is 9.84. The molecular formula is C12H19N3O. The molecule has 0 bridgehead atoms. The second kappa shape index (κ2) is 3.85. The summed E-state index contributed by atoms with van der Waals surface area (Å²) < 4.78 is 0. The molecule has 1 aromatic heterocycles. The van der Waals surface area contributed by atoms with Crippen molar-refractivity contribution < 1.29 is 4.79 Å². The Morgan fingerprint density at radius 1 is 1.62 bits per heavy atom. The molecule has 1 atom stereocenters. The van der Waals surface area contributed by atoms with Gasteiger partial charge in [-0.05, 0) is 24.3 Å². The molecule has 1 fully saturated rings. The van der Waals surface area contributed by atoms with Crippen LogP contribution in [-0.4, -0.2) is 16.9 Å². The van der Waals surface area contributed by atoms with E-state index < -0.39 is 0 Å². The van der Waals surface area contributed by atoms with Gasteiger partial charge in [-0.15, -0.1) is 0 Å². The van der Waals surface area contributed by atoms with Gasteiger partial charge in [-0.25, -0.2) is 0 Å². The average Bonchev–Trinajstić information content (AvgIpc) is 2.74. The van der Waals surface area contributed by atoms with Gasteiger partial charge in [-0.3, -0.25) is 4.79 Å². The molecular weight excluding hydrogens is 202 g/mol. The zero-order chi connectivity index (χ0) is 11.8. The van der Waals surface area contributed by atoms with Gasteiger partial charge in [-0.2, -0.15) is 0 Å². The van der Waals surface area contributed by atoms with Crippen molar-refractivity contribution in [2.24, 2.45) is 5.41 Å². The van der Waals surface area contributed by atoms with Gasteiger partial charge in [0.2, 0.25) is 0 Å². The monoisotopic (exact) mass is 221 g/mol. The molecule has 4 N–H and O–H groups in total. The van der Waals surface area contributed by atoms with Crippen LogP contribution < -0.4 is 11.1 Å². The van der Waals surface area contributed by atoms with Crippen molar-refractivity contribution in [1.29, 1.82) is 0 Å². The minimum absolute atomic E-state index is 0.0586. The molecule has 1 aliphatic carbocycles. The molecule has 0 radical (unpaired) electrons. The molecule has 88 valence electrons. The Labute approximate surface area is 95.6 Å². The zero-order valence-corrected chi connectivity index (χ0v) is 9.84. The van der Waals surface area contributed by atoms with Crippen molar-refractivity contribution >= 4 is 11.6 Å². The highest BCUT2D eigenvalue weighted by Crippen LogP contribution is 2.37. The molecule has 0 saturated heterocycles. The van der Waals surface area contributed by atoms with Crippen LogP contribution in [0.3, 0.4) is 0 Å². The number of carbonyl (C=O) groups excluding carboxylic acids is 1. The lowest BCUT2D eigenvalue weighted by Crippen LogP contribution is -2.41. The molecule has 1 aliphatic rings. The van der Waals surface area contributed by atoms with Gasteiger partial charge < -0.3 is 16.0 Å². The Hall–Kier alpha value is -1.45. The van der Waals surface area contributed by atoms with E-state index in [1.54, 1.807) is 12.3 Å².